The van der Waals surface area contributed by atoms with E-state index in [9.17, 15) is 9.90 Å². The number of carboxylic acids is 1. The summed E-state index contributed by atoms with van der Waals surface area (Å²) in [5.41, 5.74) is 2.58. The zero-order valence-electron chi connectivity index (χ0n) is 20.3. The zero-order valence-corrected chi connectivity index (χ0v) is 21.3. The highest BCUT2D eigenvalue weighted by atomic mass is 28.4. The van der Waals surface area contributed by atoms with Gasteiger partial charge in [-0.25, -0.2) is 4.79 Å². The molecule has 1 saturated heterocycles. The molecule has 2 aromatic rings. The molecule has 2 aromatic carbocycles. The molecule has 1 fully saturated rings. The number of rotatable bonds is 8. The van der Waals surface area contributed by atoms with Crippen molar-refractivity contribution in [3.63, 3.8) is 0 Å². The molecule has 1 aliphatic rings. The van der Waals surface area contributed by atoms with Crippen LogP contribution in [0.3, 0.4) is 0 Å². The molecular weight excluding hydrogens is 416 g/mol. The Bertz CT molecular complexity index is 894. The van der Waals surface area contributed by atoms with Crippen LogP contribution >= 0.6 is 0 Å². The summed E-state index contributed by atoms with van der Waals surface area (Å²) in [6.07, 6.45) is 1.37. The van der Waals surface area contributed by atoms with Crippen LogP contribution in [0.15, 0.2) is 54.6 Å². The molecule has 0 aromatic heterocycles. The molecule has 2 unspecified atom stereocenters. The van der Waals surface area contributed by atoms with Crippen molar-refractivity contribution in [1.82, 2.24) is 4.90 Å². The summed E-state index contributed by atoms with van der Waals surface area (Å²) in [6.45, 7) is 14.4. The van der Waals surface area contributed by atoms with Crippen molar-refractivity contribution in [2.24, 2.45) is 0 Å². The lowest BCUT2D eigenvalue weighted by atomic mass is 10.0. The molecule has 5 nitrogen and oxygen atoms in total. The van der Waals surface area contributed by atoms with Crippen LogP contribution in [0.5, 0.6) is 0 Å². The second kappa shape index (κ2) is 9.77. The van der Waals surface area contributed by atoms with Gasteiger partial charge in [-0.3, -0.25) is 4.90 Å². The summed E-state index contributed by atoms with van der Waals surface area (Å²) in [5.74, 6) is -0.899. The van der Waals surface area contributed by atoms with Crippen molar-refractivity contribution in [3.8, 4) is 0 Å². The highest BCUT2D eigenvalue weighted by Crippen LogP contribution is 2.38. The number of hydrogen-bond donors (Lipinski definition) is 1. The smallest absolute Gasteiger partial charge is 0.335 e. The van der Waals surface area contributed by atoms with Crippen LogP contribution < -0.4 is 4.90 Å². The molecule has 0 radical (unpaired) electrons. The SMILES string of the molecule is CN(c1ccc(C(=O)O)cc1)C(CN1CCC(O[Si](C)(C)C(C)(C)C)C1)c1ccccc1. The monoisotopic (exact) mass is 454 g/mol. The Labute approximate surface area is 194 Å². The fraction of sp³-hybridized carbons (Fsp3) is 0.500. The van der Waals surface area contributed by atoms with Gasteiger partial charge in [0, 0.05) is 32.4 Å². The van der Waals surface area contributed by atoms with Gasteiger partial charge in [-0.1, -0.05) is 51.1 Å². The van der Waals surface area contributed by atoms with Gasteiger partial charge in [0.25, 0.3) is 0 Å². The maximum absolute atomic E-state index is 11.2. The molecule has 0 amide bonds. The first-order valence-corrected chi connectivity index (χ1v) is 14.4. The van der Waals surface area contributed by atoms with Crippen LogP contribution in [0.25, 0.3) is 0 Å². The number of aromatic carboxylic acids is 1. The van der Waals surface area contributed by atoms with Crippen LogP contribution in [0, 0.1) is 0 Å². The van der Waals surface area contributed by atoms with Crippen molar-refractivity contribution in [2.45, 2.75) is 57.5 Å². The Kier molecular flexibility index (Phi) is 7.48. The molecule has 1 N–H and O–H groups in total. The fourth-order valence-electron chi connectivity index (χ4n) is 4.04. The maximum atomic E-state index is 11.2. The van der Waals surface area contributed by atoms with Crippen molar-refractivity contribution in [3.05, 3.63) is 65.7 Å². The molecule has 0 saturated carbocycles. The topological polar surface area (TPSA) is 53.0 Å². The molecule has 0 bridgehead atoms. The van der Waals surface area contributed by atoms with Crippen molar-refractivity contribution >= 4 is 20.0 Å². The van der Waals surface area contributed by atoms with E-state index in [2.05, 4.69) is 75.0 Å². The van der Waals surface area contributed by atoms with E-state index in [1.807, 2.05) is 18.2 Å². The highest BCUT2D eigenvalue weighted by molar-refractivity contribution is 6.74. The standard InChI is InChI=1S/C26H38N2O3Si/c1-26(2,3)32(5,6)31-23-16-17-28(18-23)19-24(20-10-8-7-9-11-20)27(4)22-14-12-21(13-15-22)25(29)30/h7-15,23-24H,16-19H2,1-6H3,(H,29,30). The molecule has 0 aliphatic carbocycles. The van der Waals surface area contributed by atoms with Crippen LogP contribution in [-0.2, 0) is 4.43 Å². The van der Waals surface area contributed by atoms with Gasteiger partial charge in [-0.15, -0.1) is 0 Å². The van der Waals surface area contributed by atoms with E-state index in [0.717, 1.165) is 31.7 Å². The normalized spacial score (nSPS) is 18.5. The van der Waals surface area contributed by atoms with E-state index in [4.69, 9.17) is 4.43 Å². The van der Waals surface area contributed by atoms with Crippen LogP contribution in [-0.4, -0.2) is 57.1 Å². The molecule has 1 aliphatic heterocycles. The Hall–Kier alpha value is -2.15. The highest BCUT2D eigenvalue weighted by Gasteiger charge is 2.40. The van der Waals surface area contributed by atoms with E-state index >= 15 is 0 Å². The molecule has 32 heavy (non-hydrogen) atoms. The quantitative estimate of drug-likeness (QED) is 0.522. The molecule has 2 atom stereocenters. The summed E-state index contributed by atoms with van der Waals surface area (Å²) < 4.78 is 6.69. The predicted octanol–water partition coefficient (Wildman–Crippen LogP) is 5.66. The van der Waals surface area contributed by atoms with Crippen molar-refractivity contribution in [1.29, 1.82) is 0 Å². The van der Waals surface area contributed by atoms with Crippen molar-refractivity contribution in [2.75, 3.05) is 31.6 Å². The minimum atomic E-state index is -1.78. The number of carbonyl (C=O) groups is 1. The lowest BCUT2D eigenvalue weighted by molar-refractivity contribution is 0.0697. The summed E-state index contributed by atoms with van der Waals surface area (Å²) in [7, 11) is 0.313. The van der Waals surface area contributed by atoms with E-state index in [1.165, 1.54) is 5.56 Å². The minimum Gasteiger partial charge on any atom is -0.478 e. The first-order chi connectivity index (χ1) is 15.0. The van der Waals surface area contributed by atoms with Crippen molar-refractivity contribution < 1.29 is 14.3 Å². The third-order valence-corrected chi connectivity index (χ3v) is 11.6. The summed E-state index contributed by atoms with van der Waals surface area (Å²) in [6, 6.07) is 17.9. The zero-order chi connectivity index (χ0) is 23.5. The Balaban J connectivity index is 1.74. The largest absolute Gasteiger partial charge is 0.478 e. The summed E-state index contributed by atoms with van der Waals surface area (Å²) in [5, 5.41) is 9.44. The molecule has 6 heteroatoms. The van der Waals surface area contributed by atoms with E-state index in [0.29, 0.717) is 11.7 Å². The fourth-order valence-corrected chi connectivity index (χ4v) is 5.42. The van der Waals surface area contributed by atoms with E-state index in [1.54, 1.807) is 12.1 Å². The van der Waals surface area contributed by atoms with Gasteiger partial charge in [0.15, 0.2) is 8.32 Å². The number of nitrogens with zero attached hydrogens (tertiary/aromatic N) is 2. The number of hydrogen-bond acceptors (Lipinski definition) is 4. The van der Waals surface area contributed by atoms with Gasteiger partial charge in [0.05, 0.1) is 17.7 Å². The van der Waals surface area contributed by atoms with Gasteiger partial charge in [-0.2, -0.15) is 0 Å². The van der Waals surface area contributed by atoms with E-state index < -0.39 is 14.3 Å². The average molecular weight is 455 g/mol. The summed E-state index contributed by atoms with van der Waals surface area (Å²) >= 11 is 0. The molecule has 174 valence electrons. The first kappa shape index (κ1) is 24.5. The van der Waals surface area contributed by atoms with Crippen LogP contribution in [0.2, 0.25) is 18.1 Å². The summed E-state index contributed by atoms with van der Waals surface area (Å²) in [4.78, 5) is 16.0. The molecule has 0 spiro atoms. The molecule has 3 rings (SSSR count). The third kappa shape index (κ3) is 5.80. The second-order valence-electron chi connectivity index (χ2n) is 10.4. The van der Waals surface area contributed by atoms with Crippen LogP contribution in [0.4, 0.5) is 5.69 Å². The number of benzene rings is 2. The van der Waals surface area contributed by atoms with Gasteiger partial charge < -0.3 is 14.4 Å². The number of anilines is 1. The van der Waals surface area contributed by atoms with E-state index in [-0.39, 0.29) is 11.1 Å². The lowest BCUT2D eigenvalue weighted by Gasteiger charge is -2.38. The Morgan fingerprint density at radius 3 is 2.34 bits per heavy atom. The Morgan fingerprint density at radius 1 is 1.16 bits per heavy atom. The average Bonchev–Trinajstić information content (AvgIpc) is 3.17. The number of carboxylic acid groups (broad SMARTS) is 1. The van der Waals surface area contributed by atoms with Gasteiger partial charge in [-0.05, 0) is 54.4 Å². The van der Waals surface area contributed by atoms with Gasteiger partial charge in [0.2, 0.25) is 0 Å². The van der Waals surface area contributed by atoms with Crippen LogP contribution in [0.1, 0.15) is 49.2 Å². The third-order valence-electron chi connectivity index (χ3n) is 7.10. The molecule has 1 heterocycles. The number of likely N-dealkylation sites (N-methyl/N-ethyl adjacent to an activating group) is 1. The number of likely N-dealkylation sites (tertiary alicyclic amines) is 1. The van der Waals surface area contributed by atoms with Gasteiger partial charge >= 0.3 is 5.97 Å². The molecular formula is C26H38N2O3Si. The minimum absolute atomic E-state index is 0.165. The first-order valence-electron chi connectivity index (χ1n) is 11.5. The predicted molar refractivity (Wildman–Crippen MR) is 134 cm³/mol. The maximum Gasteiger partial charge on any atom is 0.335 e. The Morgan fingerprint density at radius 2 is 1.78 bits per heavy atom. The lowest BCUT2D eigenvalue weighted by Crippen LogP contribution is -2.44. The van der Waals surface area contributed by atoms with Gasteiger partial charge in [0.1, 0.15) is 0 Å². The second-order valence-corrected chi connectivity index (χ2v) is 15.2.